The average molecular weight is 282 g/mol. The molecule has 2 aromatic rings. The van der Waals surface area contributed by atoms with Crippen molar-refractivity contribution < 1.29 is 9.90 Å². The molecule has 4 heteroatoms. The number of aromatic carboxylic acids is 1. The summed E-state index contributed by atoms with van der Waals surface area (Å²) in [5, 5.41) is 15.9. The summed E-state index contributed by atoms with van der Waals surface area (Å²) in [5.74, 6) is -0.898. The van der Waals surface area contributed by atoms with Gasteiger partial charge in [0.25, 0.3) is 0 Å². The number of carbonyl (C=O) groups is 1. The molecule has 0 saturated carbocycles. The molecule has 0 amide bonds. The molecule has 1 aliphatic heterocycles. The van der Waals surface area contributed by atoms with Gasteiger partial charge in [0.15, 0.2) is 0 Å². The first-order valence-corrected chi connectivity index (χ1v) is 7.12. The van der Waals surface area contributed by atoms with Crippen LogP contribution in [0.15, 0.2) is 48.5 Å². The topological polar surface area (TPSA) is 61.4 Å². The lowest BCUT2D eigenvalue weighted by Crippen LogP contribution is -2.15. The molecule has 3 rings (SSSR count). The summed E-state index contributed by atoms with van der Waals surface area (Å²) in [6.45, 7) is 1.85. The highest BCUT2D eigenvalue weighted by atomic mass is 16.4. The van der Waals surface area contributed by atoms with Crippen LogP contribution in [0.3, 0.4) is 0 Å². The lowest BCUT2D eigenvalue weighted by Gasteiger charge is -2.20. The van der Waals surface area contributed by atoms with Crippen LogP contribution < -0.4 is 10.6 Å². The summed E-state index contributed by atoms with van der Waals surface area (Å²) in [7, 11) is 0. The molecule has 0 saturated heterocycles. The summed E-state index contributed by atoms with van der Waals surface area (Å²) in [6.07, 6.45) is 0.998. The van der Waals surface area contributed by atoms with Crippen molar-refractivity contribution in [1.82, 2.24) is 5.32 Å². The van der Waals surface area contributed by atoms with Crippen molar-refractivity contribution in [2.75, 3.05) is 11.9 Å². The standard InChI is InChI=1S/C17H18N2O2/c20-17(21)12-5-7-14(8-6-12)19-16-9-10-18-11-13-3-1-2-4-15(13)16/h1-8,16,18-19H,9-11H2,(H,20,21). The van der Waals surface area contributed by atoms with Gasteiger partial charge in [-0.3, -0.25) is 0 Å². The number of rotatable bonds is 3. The van der Waals surface area contributed by atoms with E-state index in [1.807, 2.05) is 12.1 Å². The lowest BCUT2D eigenvalue weighted by atomic mass is 9.99. The normalized spacial score (nSPS) is 17.6. The molecule has 0 aliphatic carbocycles. The number of carboxylic acids is 1. The predicted molar refractivity (Wildman–Crippen MR) is 82.5 cm³/mol. The summed E-state index contributed by atoms with van der Waals surface area (Å²) >= 11 is 0. The molecule has 1 unspecified atom stereocenters. The minimum Gasteiger partial charge on any atom is -0.478 e. The number of hydrogen-bond acceptors (Lipinski definition) is 3. The van der Waals surface area contributed by atoms with Gasteiger partial charge < -0.3 is 15.7 Å². The van der Waals surface area contributed by atoms with E-state index in [1.165, 1.54) is 11.1 Å². The zero-order chi connectivity index (χ0) is 14.7. The Labute approximate surface area is 123 Å². The van der Waals surface area contributed by atoms with Crippen LogP contribution in [0.5, 0.6) is 0 Å². The second-order valence-corrected chi connectivity index (χ2v) is 5.24. The first-order chi connectivity index (χ1) is 10.2. The van der Waals surface area contributed by atoms with Gasteiger partial charge in [-0.05, 0) is 48.4 Å². The van der Waals surface area contributed by atoms with Crippen LogP contribution in [0.25, 0.3) is 0 Å². The summed E-state index contributed by atoms with van der Waals surface area (Å²) in [4.78, 5) is 10.9. The second kappa shape index (κ2) is 5.97. The van der Waals surface area contributed by atoms with Crippen LogP contribution in [0.4, 0.5) is 5.69 Å². The van der Waals surface area contributed by atoms with E-state index in [0.717, 1.165) is 25.2 Å². The molecule has 21 heavy (non-hydrogen) atoms. The fourth-order valence-electron chi connectivity index (χ4n) is 2.72. The van der Waals surface area contributed by atoms with Gasteiger partial charge in [-0.2, -0.15) is 0 Å². The minimum absolute atomic E-state index is 0.242. The molecule has 0 spiro atoms. The maximum Gasteiger partial charge on any atom is 0.335 e. The van der Waals surface area contributed by atoms with Gasteiger partial charge in [-0.25, -0.2) is 4.79 Å². The molecule has 0 radical (unpaired) electrons. The van der Waals surface area contributed by atoms with Crippen LogP contribution in [-0.2, 0) is 6.54 Å². The molecule has 3 N–H and O–H groups in total. The van der Waals surface area contributed by atoms with Gasteiger partial charge in [-0.1, -0.05) is 24.3 Å². The zero-order valence-corrected chi connectivity index (χ0v) is 11.7. The van der Waals surface area contributed by atoms with Crippen LogP contribution in [-0.4, -0.2) is 17.6 Å². The van der Waals surface area contributed by atoms with Gasteiger partial charge in [0.1, 0.15) is 0 Å². The quantitative estimate of drug-likeness (QED) is 0.810. The molecular weight excluding hydrogens is 264 g/mol. The Balaban J connectivity index is 1.82. The highest BCUT2D eigenvalue weighted by molar-refractivity contribution is 5.88. The van der Waals surface area contributed by atoms with E-state index in [9.17, 15) is 4.79 Å². The number of anilines is 1. The molecule has 0 bridgehead atoms. The van der Waals surface area contributed by atoms with Crippen LogP contribution in [0, 0.1) is 0 Å². The van der Waals surface area contributed by atoms with Crippen molar-refractivity contribution >= 4 is 11.7 Å². The molecular formula is C17H18N2O2. The number of fused-ring (bicyclic) bond motifs is 1. The van der Waals surface area contributed by atoms with Crippen molar-refractivity contribution in [3.8, 4) is 0 Å². The van der Waals surface area contributed by atoms with Crippen LogP contribution >= 0.6 is 0 Å². The Morgan fingerprint density at radius 1 is 1.14 bits per heavy atom. The fourth-order valence-corrected chi connectivity index (χ4v) is 2.72. The van der Waals surface area contributed by atoms with Crippen molar-refractivity contribution in [1.29, 1.82) is 0 Å². The van der Waals surface area contributed by atoms with Gasteiger partial charge >= 0.3 is 5.97 Å². The molecule has 0 fully saturated rings. The third-order valence-electron chi connectivity index (χ3n) is 3.83. The van der Waals surface area contributed by atoms with Gasteiger partial charge in [0, 0.05) is 12.2 Å². The molecule has 108 valence electrons. The van der Waals surface area contributed by atoms with Crippen molar-refractivity contribution in [2.45, 2.75) is 19.0 Å². The average Bonchev–Trinajstić information content (AvgIpc) is 2.71. The first kappa shape index (κ1) is 13.6. The zero-order valence-electron chi connectivity index (χ0n) is 11.7. The third-order valence-corrected chi connectivity index (χ3v) is 3.83. The molecule has 0 aromatic heterocycles. The van der Waals surface area contributed by atoms with Crippen molar-refractivity contribution in [3.63, 3.8) is 0 Å². The summed E-state index contributed by atoms with van der Waals surface area (Å²) in [5.41, 5.74) is 3.88. The maximum atomic E-state index is 10.9. The molecule has 4 nitrogen and oxygen atoms in total. The first-order valence-electron chi connectivity index (χ1n) is 7.12. The number of carboxylic acid groups (broad SMARTS) is 1. The van der Waals surface area contributed by atoms with E-state index in [1.54, 1.807) is 12.1 Å². The fraction of sp³-hybridized carbons (Fsp3) is 0.235. The molecule has 2 aromatic carbocycles. The Morgan fingerprint density at radius 3 is 2.67 bits per heavy atom. The van der Waals surface area contributed by atoms with Crippen molar-refractivity contribution in [2.24, 2.45) is 0 Å². The second-order valence-electron chi connectivity index (χ2n) is 5.24. The Morgan fingerprint density at radius 2 is 1.90 bits per heavy atom. The lowest BCUT2D eigenvalue weighted by molar-refractivity contribution is 0.0697. The summed E-state index contributed by atoms with van der Waals surface area (Å²) < 4.78 is 0. The third kappa shape index (κ3) is 3.06. The molecule has 1 aliphatic rings. The van der Waals surface area contributed by atoms with E-state index in [0.29, 0.717) is 5.56 Å². The van der Waals surface area contributed by atoms with Gasteiger partial charge in [-0.15, -0.1) is 0 Å². The van der Waals surface area contributed by atoms with E-state index < -0.39 is 5.97 Å². The minimum atomic E-state index is -0.898. The SMILES string of the molecule is O=C(O)c1ccc(NC2CCNCc3ccccc32)cc1. The van der Waals surface area contributed by atoms with Crippen molar-refractivity contribution in [3.05, 3.63) is 65.2 Å². The largest absolute Gasteiger partial charge is 0.478 e. The smallest absolute Gasteiger partial charge is 0.335 e. The highest BCUT2D eigenvalue weighted by Gasteiger charge is 2.17. The Kier molecular flexibility index (Phi) is 3.88. The summed E-state index contributed by atoms with van der Waals surface area (Å²) in [6, 6.07) is 15.6. The number of benzene rings is 2. The van der Waals surface area contributed by atoms with Gasteiger partial charge in [0.2, 0.25) is 0 Å². The van der Waals surface area contributed by atoms with E-state index in [4.69, 9.17) is 5.11 Å². The van der Waals surface area contributed by atoms with Crippen LogP contribution in [0.2, 0.25) is 0 Å². The number of hydrogen-bond donors (Lipinski definition) is 3. The molecule has 1 heterocycles. The Bertz CT molecular complexity index is 637. The van der Waals surface area contributed by atoms with E-state index >= 15 is 0 Å². The highest BCUT2D eigenvalue weighted by Crippen LogP contribution is 2.27. The van der Waals surface area contributed by atoms with Crippen LogP contribution in [0.1, 0.15) is 33.9 Å². The number of nitrogens with one attached hydrogen (secondary N) is 2. The molecule has 1 atom stereocenters. The van der Waals surface area contributed by atoms with Gasteiger partial charge in [0.05, 0.1) is 11.6 Å². The monoisotopic (exact) mass is 282 g/mol. The maximum absolute atomic E-state index is 10.9. The Hall–Kier alpha value is -2.33. The van der Waals surface area contributed by atoms with E-state index in [2.05, 4.69) is 34.9 Å². The predicted octanol–water partition coefficient (Wildman–Crippen LogP) is 3.03. The van der Waals surface area contributed by atoms with E-state index in [-0.39, 0.29) is 6.04 Å².